The lowest BCUT2D eigenvalue weighted by Gasteiger charge is -2.06. The van der Waals surface area contributed by atoms with Crippen LogP contribution in [0.15, 0.2) is 4.99 Å². The predicted molar refractivity (Wildman–Crippen MR) is 60.7 cm³/mol. The summed E-state index contributed by atoms with van der Waals surface area (Å²) in [6.45, 7) is 6.09. The number of amides is 1. The Labute approximate surface area is 88.9 Å². The van der Waals surface area contributed by atoms with Gasteiger partial charge in [0.1, 0.15) is 0 Å². The van der Waals surface area contributed by atoms with Crippen LogP contribution < -0.4 is 10.6 Å². The molecule has 0 aromatic rings. The van der Waals surface area contributed by atoms with Crippen molar-refractivity contribution in [2.75, 3.05) is 19.6 Å². The molecule has 0 radical (unpaired) electrons. The zero-order valence-electron chi connectivity index (χ0n) is 8.67. The number of hydrogen-bond acceptors (Lipinski definition) is 4. The van der Waals surface area contributed by atoms with Crippen LogP contribution in [0.25, 0.3) is 0 Å². The average Bonchev–Trinajstić information content (AvgIpc) is 2.58. The minimum Gasteiger partial charge on any atom is -0.356 e. The summed E-state index contributed by atoms with van der Waals surface area (Å²) in [6, 6.07) is 0. The fourth-order valence-electron chi connectivity index (χ4n) is 1.06. The number of carbonyl (C=O) groups excluding carboxylic acids is 1. The molecule has 1 aliphatic rings. The highest BCUT2D eigenvalue weighted by Crippen LogP contribution is 2.17. The molecule has 1 amide bonds. The van der Waals surface area contributed by atoms with Crippen molar-refractivity contribution in [2.24, 2.45) is 4.99 Å². The predicted octanol–water partition coefficient (Wildman–Crippen LogP) is 0.593. The fourth-order valence-corrected chi connectivity index (χ4v) is 1.89. The Morgan fingerprint density at radius 3 is 3.07 bits per heavy atom. The second-order valence-corrected chi connectivity index (χ2v) is 4.70. The summed E-state index contributed by atoms with van der Waals surface area (Å²) in [7, 11) is 0. The summed E-state index contributed by atoms with van der Waals surface area (Å²) < 4.78 is 0. The maximum Gasteiger partial charge on any atom is 0.239 e. The van der Waals surface area contributed by atoms with Gasteiger partial charge in [0.15, 0.2) is 5.17 Å². The SMILES string of the molecule is CCCNC(=O)CNC1=NCC(C)S1. The van der Waals surface area contributed by atoms with Gasteiger partial charge in [0.05, 0.1) is 13.1 Å². The molecule has 1 unspecified atom stereocenters. The number of nitrogens with one attached hydrogen (secondary N) is 2. The molecule has 0 fully saturated rings. The Morgan fingerprint density at radius 1 is 1.71 bits per heavy atom. The lowest BCUT2D eigenvalue weighted by Crippen LogP contribution is -2.35. The first kappa shape index (κ1) is 11.4. The van der Waals surface area contributed by atoms with Gasteiger partial charge in [0, 0.05) is 11.8 Å². The normalized spacial score (nSPS) is 20.4. The second kappa shape index (κ2) is 5.90. The molecule has 2 N–H and O–H groups in total. The minimum atomic E-state index is 0.0368. The molecular formula is C9H17N3OS. The molecule has 0 saturated carbocycles. The average molecular weight is 215 g/mol. The van der Waals surface area contributed by atoms with Crippen molar-refractivity contribution < 1.29 is 4.79 Å². The molecule has 1 aliphatic heterocycles. The number of amidine groups is 1. The van der Waals surface area contributed by atoms with Crippen LogP contribution in [-0.2, 0) is 4.79 Å². The van der Waals surface area contributed by atoms with E-state index in [0.717, 1.165) is 24.7 Å². The van der Waals surface area contributed by atoms with Crippen molar-refractivity contribution >= 4 is 22.8 Å². The van der Waals surface area contributed by atoms with Gasteiger partial charge >= 0.3 is 0 Å². The molecule has 1 rings (SSSR count). The Bertz CT molecular complexity index is 230. The van der Waals surface area contributed by atoms with Crippen LogP contribution in [0.3, 0.4) is 0 Å². The Hall–Kier alpha value is -0.710. The highest BCUT2D eigenvalue weighted by Gasteiger charge is 2.14. The number of rotatable bonds is 4. The van der Waals surface area contributed by atoms with E-state index in [-0.39, 0.29) is 5.91 Å². The summed E-state index contributed by atoms with van der Waals surface area (Å²) in [6.07, 6.45) is 0.971. The quantitative estimate of drug-likeness (QED) is 0.722. The second-order valence-electron chi connectivity index (χ2n) is 3.28. The number of nitrogens with zero attached hydrogens (tertiary/aromatic N) is 1. The van der Waals surface area contributed by atoms with Crippen LogP contribution in [0.2, 0.25) is 0 Å². The molecule has 5 heteroatoms. The lowest BCUT2D eigenvalue weighted by molar-refractivity contribution is -0.119. The third-order valence-electron chi connectivity index (χ3n) is 1.78. The van der Waals surface area contributed by atoms with E-state index in [1.54, 1.807) is 11.8 Å². The van der Waals surface area contributed by atoms with Gasteiger partial charge in [0.2, 0.25) is 5.91 Å². The molecule has 1 atom stereocenters. The van der Waals surface area contributed by atoms with E-state index >= 15 is 0 Å². The van der Waals surface area contributed by atoms with Crippen LogP contribution in [0.4, 0.5) is 0 Å². The smallest absolute Gasteiger partial charge is 0.239 e. The van der Waals surface area contributed by atoms with Crippen LogP contribution in [-0.4, -0.2) is 36.0 Å². The van der Waals surface area contributed by atoms with Crippen LogP contribution >= 0.6 is 11.8 Å². The van der Waals surface area contributed by atoms with E-state index in [1.807, 2.05) is 6.92 Å². The van der Waals surface area contributed by atoms with Crippen molar-refractivity contribution in [2.45, 2.75) is 25.5 Å². The zero-order chi connectivity index (χ0) is 10.4. The van der Waals surface area contributed by atoms with Gasteiger partial charge in [-0.15, -0.1) is 0 Å². The molecule has 80 valence electrons. The van der Waals surface area contributed by atoms with Gasteiger partial charge in [-0.05, 0) is 6.42 Å². The molecule has 14 heavy (non-hydrogen) atoms. The molecule has 0 aromatic heterocycles. The standard InChI is InChI=1S/C9H17N3OS/c1-3-4-10-8(13)6-12-9-11-5-7(2)14-9/h7H,3-6H2,1-2H3,(H,10,13)(H,11,12). The van der Waals surface area contributed by atoms with Gasteiger partial charge in [-0.25, -0.2) is 0 Å². The van der Waals surface area contributed by atoms with Crippen molar-refractivity contribution in [3.05, 3.63) is 0 Å². The largest absolute Gasteiger partial charge is 0.356 e. The minimum absolute atomic E-state index is 0.0368. The molecule has 1 heterocycles. The van der Waals surface area contributed by atoms with Crippen molar-refractivity contribution in [3.8, 4) is 0 Å². The van der Waals surface area contributed by atoms with Gasteiger partial charge in [-0.2, -0.15) is 0 Å². The summed E-state index contributed by atoms with van der Waals surface area (Å²) in [5.74, 6) is 0.0368. The maximum atomic E-state index is 11.2. The van der Waals surface area contributed by atoms with E-state index in [2.05, 4.69) is 22.5 Å². The first-order chi connectivity index (χ1) is 6.72. The van der Waals surface area contributed by atoms with E-state index in [9.17, 15) is 4.79 Å². The summed E-state index contributed by atoms with van der Waals surface area (Å²) in [5, 5.41) is 7.25. The molecule has 0 spiro atoms. The number of hydrogen-bond donors (Lipinski definition) is 2. The zero-order valence-corrected chi connectivity index (χ0v) is 9.49. The molecule has 0 saturated heterocycles. The topological polar surface area (TPSA) is 53.5 Å². The highest BCUT2D eigenvalue weighted by molar-refractivity contribution is 8.14. The molecule has 4 nitrogen and oxygen atoms in total. The first-order valence-electron chi connectivity index (χ1n) is 4.94. The number of aliphatic imine (C=N–C) groups is 1. The van der Waals surface area contributed by atoms with E-state index in [0.29, 0.717) is 11.8 Å². The van der Waals surface area contributed by atoms with E-state index in [4.69, 9.17) is 0 Å². The van der Waals surface area contributed by atoms with Gasteiger partial charge in [-0.1, -0.05) is 25.6 Å². The maximum absolute atomic E-state index is 11.2. The molecule has 0 bridgehead atoms. The molecule has 0 aliphatic carbocycles. The third-order valence-corrected chi connectivity index (χ3v) is 2.83. The van der Waals surface area contributed by atoms with E-state index in [1.165, 1.54) is 0 Å². The van der Waals surface area contributed by atoms with Gasteiger partial charge in [-0.3, -0.25) is 9.79 Å². The Kier molecular flexibility index (Phi) is 4.79. The Balaban J connectivity index is 2.11. The monoisotopic (exact) mass is 215 g/mol. The summed E-state index contributed by atoms with van der Waals surface area (Å²) >= 11 is 1.69. The van der Waals surface area contributed by atoms with Crippen LogP contribution in [0.5, 0.6) is 0 Å². The van der Waals surface area contributed by atoms with Gasteiger partial charge < -0.3 is 10.6 Å². The summed E-state index contributed by atoms with van der Waals surface area (Å²) in [5.41, 5.74) is 0. The van der Waals surface area contributed by atoms with Gasteiger partial charge in [0.25, 0.3) is 0 Å². The summed E-state index contributed by atoms with van der Waals surface area (Å²) in [4.78, 5) is 15.5. The lowest BCUT2D eigenvalue weighted by atomic mass is 10.4. The van der Waals surface area contributed by atoms with Crippen molar-refractivity contribution in [1.82, 2.24) is 10.6 Å². The van der Waals surface area contributed by atoms with Crippen molar-refractivity contribution in [3.63, 3.8) is 0 Å². The third kappa shape index (κ3) is 4.00. The van der Waals surface area contributed by atoms with Crippen molar-refractivity contribution in [1.29, 1.82) is 0 Å². The highest BCUT2D eigenvalue weighted by atomic mass is 32.2. The molecule has 0 aromatic carbocycles. The molecular weight excluding hydrogens is 198 g/mol. The fraction of sp³-hybridized carbons (Fsp3) is 0.778. The first-order valence-corrected chi connectivity index (χ1v) is 5.82. The van der Waals surface area contributed by atoms with E-state index < -0.39 is 0 Å². The van der Waals surface area contributed by atoms with Crippen LogP contribution in [0.1, 0.15) is 20.3 Å². The number of thioether (sulfide) groups is 1. The van der Waals surface area contributed by atoms with Crippen LogP contribution in [0, 0.1) is 0 Å². The Morgan fingerprint density at radius 2 is 2.50 bits per heavy atom. The number of carbonyl (C=O) groups is 1.